The number of quaternary nitrogens is 1. The molecule has 0 aromatic heterocycles. The lowest BCUT2D eigenvalue weighted by Gasteiger charge is -2.41. The van der Waals surface area contributed by atoms with Crippen LogP contribution in [-0.2, 0) is 6.54 Å². The van der Waals surface area contributed by atoms with Gasteiger partial charge in [0, 0.05) is 11.5 Å². The van der Waals surface area contributed by atoms with E-state index in [1.54, 1.807) is 0 Å². The number of benzene rings is 1. The molecule has 122 valence electrons. The van der Waals surface area contributed by atoms with Gasteiger partial charge >= 0.3 is 0 Å². The van der Waals surface area contributed by atoms with Crippen molar-refractivity contribution in [2.45, 2.75) is 70.9 Å². The van der Waals surface area contributed by atoms with Crippen LogP contribution in [0, 0.1) is 5.92 Å². The smallest absolute Gasteiger partial charge is 0.119 e. The minimum absolute atomic E-state index is 0.844. The average Bonchev–Trinajstić information content (AvgIpc) is 2.57. The van der Waals surface area contributed by atoms with Crippen molar-refractivity contribution in [3.63, 3.8) is 0 Å². The molecule has 0 amide bonds. The molecule has 3 rings (SSSR count). The summed E-state index contributed by atoms with van der Waals surface area (Å²) in [6.45, 7) is 5.62. The lowest BCUT2D eigenvalue weighted by Crippen LogP contribution is -3.16. The zero-order valence-electron chi connectivity index (χ0n) is 14.2. The maximum absolute atomic E-state index is 5.77. The van der Waals surface area contributed by atoms with Gasteiger partial charge in [0.15, 0.2) is 0 Å². The van der Waals surface area contributed by atoms with Gasteiger partial charge in [0.25, 0.3) is 0 Å². The Morgan fingerprint density at radius 1 is 1.05 bits per heavy atom. The summed E-state index contributed by atoms with van der Waals surface area (Å²) in [5.74, 6) is 2.04. The molecule has 0 bridgehead atoms. The molecule has 22 heavy (non-hydrogen) atoms. The van der Waals surface area contributed by atoms with E-state index in [1.807, 2.05) is 4.90 Å². The quantitative estimate of drug-likeness (QED) is 0.793. The summed E-state index contributed by atoms with van der Waals surface area (Å²) in [6, 6.07) is 9.81. The van der Waals surface area contributed by atoms with Gasteiger partial charge in [-0.1, -0.05) is 19.8 Å². The molecule has 1 heterocycles. The second-order valence-electron chi connectivity index (χ2n) is 7.22. The minimum Gasteiger partial charge on any atom is -0.494 e. The van der Waals surface area contributed by atoms with E-state index in [1.165, 1.54) is 63.6 Å². The molecule has 0 spiro atoms. The van der Waals surface area contributed by atoms with Gasteiger partial charge < -0.3 is 9.64 Å². The molecule has 1 aromatic carbocycles. The molecule has 1 aromatic rings. The monoisotopic (exact) mass is 302 g/mol. The summed E-state index contributed by atoms with van der Waals surface area (Å²) in [4.78, 5) is 1.84. The topological polar surface area (TPSA) is 13.7 Å². The van der Waals surface area contributed by atoms with Crippen LogP contribution in [0.25, 0.3) is 0 Å². The predicted octanol–water partition coefficient (Wildman–Crippen LogP) is 3.60. The van der Waals surface area contributed by atoms with Gasteiger partial charge in [-0.2, -0.15) is 0 Å². The van der Waals surface area contributed by atoms with E-state index in [0.29, 0.717) is 0 Å². The van der Waals surface area contributed by atoms with Gasteiger partial charge in [-0.25, -0.2) is 0 Å². The first kappa shape index (κ1) is 15.9. The molecule has 2 aliphatic rings. The fraction of sp³-hybridized carbons (Fsp3) is 0.700. The number of hydrogen-bond acceptors (Lipinski definition) is 1. The van der Waals surface area contributed by atoms with Crippen molar-refractivity contribution in [1.82, 2.24) is 0 Å². The number of rotatable bonds is 6. The van der Waals surface area contributed by atoms with Gasteiger partial charge in [0.1, 0.15) is 12.3 Å². The molecule has 1 saturated carbocycles. The van der Waals surface area contributed by atoms with Gasteiger partial charge in [-0.3, -0.25) is 0 Å². The Hall–Kier alpha value is -1.02. The maximum atomic E-state index is 5.77. The van der Waals surface area contributed by atoms with Gasteiger partial charge in [0.05, 0.1) is 19.2 Å². The summed E-state index contributed by atoms with van der Waals surface area (Å²) in [6.07, 6.45) is 11.1. The molecular formula is C20H32NO+. The molecule has 1 N–H and O–H groups in total. The Bertz CT molecular complexity index is 440. The lowest BCUT2D eigenvalue weighted by atomic mass is 9.78. The molecule has 2 heteroatoms. The van der Waals surface area contributed by atoms with Crippen molar-refractivity contribution in [3.8, 4) is 5.75 Å². The van der Waals surface area contributed by atoms with Crippen LogP contribution in [0.1, 0.15) is 63.9 Å². The first-order valence-corrected chi connectivity index (χ1v) is 9.43. The minimum atomic E-state index is 0.844. The third-order valence-corrected chi connectivity index (χ3v) is 5.63. The molecule has 1 saturated heterocycles. The molecule has 2 nitrogen and oxygen atoms in total. The number of likely N-dealkylation sites (tertiary alicyclic amines) is 1. The largest absolute Gasteiger partial charge is 0.494 e. The predicted molar refractivity (Wildman–Crippen MR) is 91.4 cm³/mol. The summed E-state index contributed by atoms with van der Waals surface area (Å²) < 4.78 is 5.77. The van der Waals surface area contributed by atoms with E-state index in [0.717, 1.165) is 30.7 Å². The zero-order valence-corrected chi connectivity index (χ0v) is 14.2. The zero-order chi connectivity index (χ0) is 15.2. The second kappa shape index (κ2) is 8.01. The third kappa shape index (κ3) is 4.04. The number of nitrogens with one attached hydrogen (secondary N) is 1. The Morgan fingerprint density at radius 3 is 2.64 bits per heavy atom. The summed E-state index contributed by atoms with van der Waals surface area (Å²) in [5.41, 5.74) is 1.48. The molecule has 3 atom stereocenters. The SMILES string of the molecule is CCCCOc1ccc(C[NH+]2CCC[C@@H]3CCCC[C@@H]32)cc1. The van der Waals surface area contributed by atoms with E-state index in [9.17, 15) is 0 Å². The molecule has 0 radical (unpaired) electrons. The van der Waals surface area contributed by atoms with Crippen LogP contribution in [0.2, 0.25) is 0 Å². The Kier molecular flexibility index (Phi) is 5.77. The molecule has 1 unspecified atom stereocenters. The lowest BCUT2D eigenvalue weighted by molar-refractivity contribution is -0.949. The van der Waals surface area contributed by atoms with Crippen LogP contribution in [-0.4, -0.2) is 19.2 Å². The van der Waals surface area contributed by atoms with Crippen molar-refractivity contribution in [1.29, 1.82) is 0 Å². The molecule has 1 aliphatic heterocycles. The number of unbranched alkanes of at least 4 members (excludes halogenated alkanes) is 1. The highest BCUT2D eigenvalue weighted by atomic mass is 16.5. The first-order valence-electron chi connectivity index (χ1n) is 9.43. The molecule has 2 fully saturated rings. The number of piperidine rings is 1. The van der Waals surface area contributed by atoms with Crippen LogP contribution < -0.4 is 9.64 Å². The Balaban J connectivity index is 1.55. The highest BCUT2D eigenvalue weighted by molar-refractivity contribution is 5.26. The fourth-order valence-electron chi connectivity index (χ4n) is 4.39. The van der Waals surface area contributed by atoms with Gasteiger partial charge in [-0.05, 0) is 62.8 Å². The Labute approximate surface area is 135 Å². The van der Waals surface area contributed by atoms with Crippen LogP contribution in [0.15, 0.2) is 24.3 Å². The first-order chi connectivity index (χ1) is 10.9. The van der Waals surface area contributed by atoms with Gasteiger partial charge in [0.2, 0.25) is 0 Å². The average molecular weight is 302 g/mol. The highest BCUT2D eigenvalue weighted by Gasteiger charge is 2.36. The van der Waals surface area contributed by atoms with Crippen molar-refractivity contribution in [2.75, 3.05) is 13.2 Å². The third-order valence-electron chi connectivity index (χ3n) is 5.63. The summed E-state index contributed by atoms with van der Waals surface area (Å²) in [5, 5.41) is 0. The van der Waals surface area contributed by atoms with Gasteiger partial charge in [-0.15, -0.1) is 0 Å². The van der Waals surface area contributed by atoms with Crippen molar-refractivity contribution in [2.24, 2.45) is 5.92 Å². The van der Waals surface area contributed by atoms with Crippen molar-refractivity contribution in [3.05, 3.63) is 29.8 Å². The van der Waals surface area contributed by atoms with E-state index in [4.69, 9.17) is 4.74 Å². The molecular weight excluding hydrogens is 270 g/mol. The summed E-state index contributed by atoms with van der Waals surface area (Å²) >= 11 is 0. The number of hydrogen-bond donors (Lipinski definition) is 1. The van der Waals surface area contributed by atoms with Crippen molar-refractivity contribution >= 4 is 0 Å². The van der Waals surface area contributed by atoms with Crippen LogP contribution in [0.3, 0.4) is 0 Å². The number of ether oxygens (including phenoxy) is 1. The van der Waals surface area contributed by atoms with E-state index in [-0.39, 0.29) is 0 Å². The number of fused-ring (bicyclic) bond motifs is 1. The second-order valence-corrected chi connectivity index (χ2v) is 7.22. The summed E-state index contributed by atoms with van der Waals surface area (Å²) in [7, 11) is 0. The maximum Gasteiger partial charge on any atom is 0.119 e. The standard InChI is InChI=1S/C20H31NO/c1-2-3-15-22-19-12-10-17(11-13-19)16-21-14-6-8-18-7-4-5-9-20(18)21/h10-13,18,20H,2-9,14-16H2,1H3/p+1/t18-,20-/m0/s1. The van der Waals surface area contributed by atoms with E-state index >= 15 is 0 Å². The molecule has 1 aliphatic carbocycles. The fourth-order valence-corrected chi connectivity index (χ4v) is 4.39. The van der Waals surface area contributed by atoms with E-state index < -0.39 is 0 Å². The van der Waals surface area contributed by atoms with Crippen molar-refractivity contribution < 1.29 is 9.64 Å². The van der Waals surface area contributed by atoms with Crippen LogP contribution in [0.4, 0.5) is 0 Å². The van der Waals surface area contributed by atoms with Crippen LogP contribution in [0.5, 0.6) is 5.75 Å². The van der Waals surface area contributed by atoms with E-state index in [2.05, 4.69) is 31.2 Å². The van der Waals surface area contributed by atoms with Crippen LogP contribution >= 0.6 is 0 Å². The highest BCUT2D eigenvalue weighted by Crippen LogP contribution is 2.28. The Morgan fingerprint density at radius 2 is 1.82 bits per heavy atom. The normalized spacial score (nSPS) is 28.1.